The van der Waals surface area contributed by atoms with E-state index in [4.69, 9.17) is 15.3 Å². The smallest absolute Gasteiger partial charge is 0.170 e. The Morgan fingerprint density at radius 1 is 1.16 bits per heavy atom. The highest BCUT2D eigenvalue weighted by molar-refractivity contribution is 5.97. The van der Waals surface area contributed by atoms with Crippen LogP contribution in [0.25, 0.3) is 0 Å². The van der Waals surface area contributed by atoms with E-state index >= 15 is 0 Å². The van der Waals surface area contributed by atoms with Crippen molar-refractivity contribution in [2.75, 3.05) is 26.3 Å². The van der Waals surface area contributed by atoms with Gasteiger partial charge < -0.3 is 15.3 Å². The molecule has 25 heavy (non-hydrogen) atoms. The number of morpholine rings is 1. The third kappa shape index (κ3) is 5.01. The predicted molar refractivity (Wildman–Crippen MR) is 94.5 cm³/mol. The summed E-state index contributed by atoms with van der Waals surface area (Å²) in [7, 11) is 0. The number of halogens is 1. The normalized spacial score (nSPS) is 16.0. The van der Waals surface area contributed by atoms with Crippen LogP contribution < -0.4 is 5.73 Å². The highest BCUT2D eigenvalue weighted by atomic mass is 19.1. The Hall–Kier alpha value is -2.44. The van der Waals surface area contributed by atoms with Crippen LogP contribution in [0, 0.1) is 5.82 Å². The lowest BCUT2D eigenvalue weighted by Gasteiger charge is -2.26. The van der Waals surface area contributed by atoms with Gasteiger partial charge >= 0.3 is 0 Å². The van der Waals surface area contributed by atoms with Gasteiger partial charge in [-0.05, 0) is 17.7 Å². The number of nitrogens with zero attached hydrogens (tertiary/aromatic N) is 2. The molecule has 0 atom stereocenters. The number of benzene rings is 2. The Labute approximate surface area is 146 Å². The Morgan fingerprint density at radius 3 is 2.76 bits per heavy atom. The molecule has 0 unspecified atom stereocenters. The molecule has 1 fully saturated rings. The van der Waals surface area contributed by atoms with Gasteiger partial charge in [0.2, 0.25) is 0 Å². The van der Waals surface area contributed by atoms with E-state index in [1.54, 1.807) is 18.2 Å². The molecule has 5 nitrogen and oxygen atoms in total. The van der Waals surface area contributed by atoms with Gasteiger partial charge in [0.25, 0.3) is 0 Å². The van der Waals surface area contributed by atoms with Crippen LogP contribution in [0.2, 0.25) is 0 Å². The van der Waals surface area contributed by atoms with E-state index in [9.17, 15) is 4.39 Å². The van der Waals surface area contributed by atoms with E-state index in [-0.39, 0.29) is 18.3 Å². The van der Waals surface area contributed by atoms with Crippen molar-refractivity contribution in [1.82, 2.24) is 4.90 Å². The van der Waals surface area contributed by atoms with E-state index < -0.39 is 0 Å². The lowest BCUT2D eigenvalue weighted by atomic mass is 10.1. The number of rotatable bonds is 6. The highest BCUT2D eigenvalue weighted by Gasteiger charge is 2.11. The van der Waals surface area contributed by atoms with Gasteiger partial charge in [-0.3, -0.25) is 4.90 Å². The largest absolute Gasteiger partial charge is 0.389 e. The summed E-state index contributed by atoms with van der Waals surface area (Å²) in [6.45, 7) is 4.29. The van der Waals surface area contributed by atoms with E-state index in [2.05, 4.69) is 16.1 Å². The minimum Gasteiger partial charge on any atom is -0.389 e. The maximum atomic E-state index is 13.5. The average Bonchev–Trinajstić information content (AvgIpc) is 2.64. The van der Waals surface area contributed by atoms with Crippen LogP contribution >= 0.6 is 0 Å². The molecular weight excluding hydrogens is 321 g/mol. The molecule has 3 rings (SSSR count). The molecule has 2 aromatic rings. The van der Waals surface area contributed by atoms with Crippen LogP contribution in [-0.2, 0) is 22.7 Å². The van der Waals surface area contributed by atoms with Crippen LogP contribution in [-0.4, -0.2) is 37.0 Å². The summed E-state index contributed by atoms with van der Waals surface area (Å²) >= 11 is 0. The highest BCUT2D eigenvalue weighted by Crippen LogP contribution is 2.11. The molecule has 6 heteroatoms. The molecular formula is C19H22FN3O2. The Kier molecular flexibility index (Phi) is 5.98. The van der Waals surface area contributed by atoms with Gasteiger partial charge in [-0.25, -0.2) is 4.39 Å². The predicted octanol–water partition coefficient (Wildman–Crippen LogP) is 2.50. The summed E-state index contributed by atoms with van der Waals surface area (Å²) in [5.74, 6) is -0.0380. The van der Waals surface area contributed by atoms with E-state index in [1.165, 1.54) is 6.07 Å². The van der Waals surface area contributed by atoms with Crippen molar-refractivity contribution >= 4 is 5.84 Å². The molecule has 0 bridgehead atoms. The van der Waals surface area contributed by atoms with E-state index in [1.807, 2.05) is 18.2 Å². The maximum Gasteiger partial charge on any atom is 0.170 e. The van der Waals surface area contributed by atoms with Crippen molar-refractivity contribution in [2.45, 2.75) is 13.2 Å². The third-order valence-electron chi connectivity index (χ3n) is 4.07. The maximum absolute atomic E-state index is 13.5. The average molecular weight is 343 g/mol. The second-order valence-corrected chi connectivity index (χ2v) is 5.93. The van der Waals surface area contributed by atoms with Crippen molar-refractivity contribution in [2.24, 2.45) is 10.9 Å². The summed E-state index contributed by atoms with van der Waals surface area (Å²) in [4.78, 5) is 7.54. The molecule has 2 aromatic carbocycles. The van der Waals surface area contributed by atoms with Gasteiger partial charge in [0.15, 0.2) is 5.84 Å². The molecule has 0 saturated carbocycles. The first-order valence-corrected chi connectivity index (χ1v) is 8.30. The molecule has 0 radical (unpaired) electrons. The molecule has 1 aliphatic heterocycles. The number of hydrogen-bond donors (Lipinski definition) is 1. The van der Waals surface area contributed by atoms with Crippen LogP contribution in [0.3, 0.4) is 0 Å². The summed E-state index contributed by atoms with van der Waals surface area (Å²) in [5, 5.41) is 3.91. The van der Waals surface area contributed by atoms with Crippen molar-refractivity contribution in [3.63, 3.8) is 0 Å². The Morgan fingerprint density at radius 2 is 1.96 bits per heavy atom. The number of nitrogens with two attached hydrogens (primary N) is 1. The van der Waals surface area contributed by atoms with Crippen molar-refractivity contribution in [3.8, 4) is 0 Å². The summed E-state index contributed by atoms with van der Waals surface area (Å²) in [6, 6.07) is 14.3. The summed E-state index contributed by atoms with van der Waals surface area (Å²) < 4.78 is 18.9. The van der Waals surface area contributed by atoms with Crippen LogP contribution in [0.1, 0.15) is 16.7 Å². The van der Waals surface area contributed by atoms with Crippen molar-refractivity contribution in [3.05, 3.63) is 71.0 Å². The second-order valence-electron chi connectivity index (χ2n) is 5.93. The lowest BCUT2D eigenvalue weighted by molar-refractivity contribution is 0.0342. The molecule has 2 N–H and O–H groups in total. The van der Waals surface area contributed by atoms with Gasteiger partial charge in [-0.2, -0.15) is 0 Å². The second kappa shape index (κ2) is 8.60. The zero-order valence-electron chi connectivity index (χ0n) is 14.0. The monoisotopic (exact) mass is 343 g/mol. The SMILES string of the molecule is NC(=NOCc1ccccc1F)c1cccc(CN2CCOCC2)c1. The number of ether oxygens (including phenoxy) is 1. The zero-order chi connectivity index (χ0) is 17.5. The fourth-order valence-electron chi connectivity index (χ4n) is 2.69. The summed E-state index contributed by atoms with van der Waals surface area (Å²) in [5.41, 5.74) is 8.39. The van der Waals surface area contributed by atoms with E-state index in [0.717, 1.165) is 44.0 Å². The third-order valence-corrected chi connectivity index (χ3v) is 4.07. The fourth-order valence-corrected chi connectivity index (χ4v) is 2.69. The number of hydrogen-bond acceptors (Lipinski definition) is 4. The molecule has 1 aliphatic rings. The molecule has 1 heterocycles. The van der Waals surface area contributed by atoms with E-state index in [0.29, 0.717) is 5.56 Å². The molecule has 0 spiro atoms. The molecule has 0 aliphatic carbocycles. The standard InChI is InChI=1S/C19H22FN3O2/c20-18-7-2-1-5-17(18)14-25-22-19(21)16-6-3-4-15(12-16)13-23-8-10-24-11-9-23/h1-7,12H,8-11,13-14H2,(H2,21,22). The van der Waals surface area contributed by atoms with Gasteiger partial charge in [0.05, 0.1) is 13.2 Å². The van der Waals surface area contributed by atoms with Gasteiger partial charge in [-0.15, -0.1) is 0 Å². The number of oxime groups is 1. The topological polar surface area (TPSA) is 60.1 Å². The zero-order valence-corrected chi connectivity index (χ0v) is 14.0. The Bertz CT molecular complexity index is 730. The Balaban J connectivity index is 1.60. The first kappa shape index (κ1) is 17.4. The minimum absolute atomic E-state index is 0.0425. The van der Waals surface area contributed by atoms with Gasteiger partial charge in [-0.1, -0.05) is 41.6 Å². The summed E-state index contributed by atoms with van der Waals surface area (Å²) in [6.07, 6.45) is 0. The van der Waals surface area contributed by atoms with Crippen molar-refractivity contribution < 1.29 is 14.0 Å². The van der Waals surface area contributed by atoms with Crippen LogP contribution in [0.5, 0.6) is 0 Å². The van der Waals surface area contributed by atoms with Crippen molar-refractivity contribution in [1.29, 1.82) is 0 Å². The quantitative estimate of drug-likeness (QED) is 0.497. The molecule has 132 valence electrons. The first-order valence-electron chi connectivity index (χ1n) is 8.30. The molecule has 0 amide bonds. The molecule has 0 aromatic heterocycles. The lowest BCUT2D eigenvalue weighted by Crippen LogP contribution is -2.35. The molecule has 1 saturated heterocycles. The minimum atomic E-state index is -0.316. The van der Waals surface area contributed by atoms with Crippen LogP contribution in [0.15, 0.2) is 53.7 Å². The first-order chi connectivity index (χ1) is 12.2. The number of amidine groups is 1. The van der Waals surface area contributed by atoms with Gasteiger partial charge in [0, 0.05) is 30.8 Å². The van der Waals surface area contributed by atoms with Crippen LogP contribution in [0.4, 0.5) is 4.39 Å². The fraction of sp³-hybridized carbons (Fsp3) is 0.316. The van der Waals surface area contributed by atoms with Gasteiger partial charge in [0.1, 0.15) is 12.4 Å².